The molecule has 1 amide bonds. The zero-order chi connectivity index (χ0) is 16.2. The van der Waals surface area contributed by atoms with Crippen molar-refractivity contribution in [1.82, 2.24) is 15.1 Å². The molecule has 0 radical (unpaired) electrons. The smallest absolute Gasteiger partial charge is 0.321 e. The maximum Gasteiger partial charge on any atom is 0.321 e. The van der Waals surface area contributed by atoms with Crippen molar-refractivity contribution in [1.29, 1.82) is 0 Å². The van der Waals surface area contributed by atoms with Crippen LogP contribution in [0, 0.1) is 5.92 Å². The maximum atomic E-state index is 12.2. The first-order chi connectivity index (χ1) is 11.1. The van der Waals surface area contributed by atoms with Crippen LogP contribution in [0.5, 0.6) is 0 Å². The maximum absolute atomic E-state index is 12.2. The minimum absolute atomic E-state index is 0.127. The number of carboxylic acids is 1. The van der Waals surface area contributed by atoms with E-state index in [0.717, 1.165) is 51.9 Å². The second-order valence-electron chi connectivity index (χ2n) is 7.34. The molecule has 2 aliphatic carbocycles. The Labute approximate surface area is 138 Å². The predicted octanol–water partition coefficient (Wildman–Crippen LogP) is 0.916. The van der Waals surface area contributed by atoms with E-state index in [0.29, 0.717) is 18.5 Å². The molecule has 23 heavy (non-hydrogen) atoms. The van der Waals surface area contributed by atoms with Gasteiger partial charge in [0.25, 0.3) is 0 Å². The lowest BCUT2D eigenvalue weighted by Crippen LogP contribution is -2.55. The second-order valence-corrected chi connectivity index (χ2v) is 7.34. The minimum atomic E-state index is -0.684. The second kappa shape index (κ2) is 7.62. The number of hydrogen-bond acceptors (Lipinski definition) is 4. The number of aliphatic carboxylic acids is 1. The van der Waals surface area contributed by atoms with E-state index >= 15 is 0 Å². The number of amides is 1. The quantitative estimate of drug-likeness (QED) is 0.760. The summed E-state index contributed by atoms with van der Waals surface area (Å²) in [6, 6.07) is 0.0528. The molecular weight excluding hydrogens is 294 g/mol. The fourth-order valence-corrected chi connectivity index (χ4v) is 3.99. The van der Waals surface area contributed by atoms with Crippen LogP contribution in [0.3, 0.4) is 0 Å². The molecule has 0 aromatic rings. The summed E-state index contributed by atoms with van der Waals surface area (Å²) >= 11 is 0. The SMILES string of the molecule is O=C(CN1CCN(C(C(=O)O)C2CC2)CC1)NC1CCCCC1. The van der Waals surface area contributed by atoms with Crippen molar-refractivity contribution in [3.8, 4) is 0 Å². The molecule has 1 aliphatic heterocycles. The molecule has 0 aromatic carbocycles. The van der Waals surface area contributed by atoms with E-state index in [2.05, 4.69) is 15.1 Å². The Morgan fingerprint density at radius 3 is 2.22 bits per heavy atom. The number of carboxylic acid groups (broad SMARTS) is 1. The van der Waals surface area contributed by atoms with Crippen molar-refractivity contribution < 1.29 is 14.7 Å². The van der Waals surface area contributed by atoms with Gasteiger partial charge in [-0.15, -0.1) is 0 Å². The Morgan fingerprint density at radius 1 is 1.00 bits per heavy atom. The van der Waals surface area contributed by atoms with Gasteiger partial charge in [-0.25, -0.2) is 0 Å². The average molecular weight is 323 g/mol. The Kier molecular flexibility index (Phi) is 5.54. The Balaban J connectivity index is 1.40. The Bertz CT molecular complexity index is 425. The van der Waals surface area contributed by atoms with Crippen LogP contribution in [0.4, 0.5) is 0 Å². The zero-order valence-electron chi connectivity index (χ0n) is 13.9. The van der Waals surface area contributed by atoms with Gasteiger partial charge in [-0.05, 0) is 31.6 Å². The molecule has 0 aromatic heterocycles. The van der Waals surface area contributed by atoms with E-state index in [4.69, 9.17) is 0 Å². The highest BCUT2D eigenvalue weighted by Crippen LogP contribution is 2.35. The predicted molar refractivity (Wildman–Crippen MR) is 87.2 cm³/mol. The average Bonchev–Trinajstić information content (AvgIpc) is 3.34. The van der Waals surface area contributed by atoms with Crippen LogP contribution < -0.4 is 5.32 Å². The van der Waals surface area contributed by atoms with Crippen LogP contribution in [0.1, 0.15) is 44.9 Å². The van der Waals surface area contributed by atoms with E-state index in [9.17, 15) is 14.7 Å². The molecule has 0 bridgehead atoms. The van der Waals surface area contributed by atoms with E-state index in [1.165, 1.54) is 19.3 Å². The summed E-state index contributed by atoms with van der Waals surface area (Å²) in [5.74, 6) is -0.216. The van der Waals surface area contributed by atoms with E-state index in [1.54, 1.807) is 0 Å². The molecule has 3 rings (SSSR count). The monoisotopic (exact) mass is 323 g/mol. The van der Waals surface area contributed by atoms with Crippen molar-refractivity contribution in [3.05, 3.63) is 0 Å². The van der Waals surface area contributed by atoms with Gasteiger partial charge in [-0.3, -0.25) is 19.4 Å². The molecule has 1 saturated heterocycles. The van der Waals surface area contributed by atoms with Crippen LogP contribution in [0.15, 0.2) is 0 Å². The molecule has 1 unspecified atom stereocenters. The van der Waals surface area contributed by atoms with Crippen molar-refractivity contribution in [2.24, 2.45) is 5.92 Å². The zero-order valence-corrected chi connectivity index (χ0v) is 13.9. The van der Waals surface area contributed by atoms with Gasteiger partial charge in [-0.2, -0.15) is 0 Å². The lowest BCUT2D eigenvalue weighted by molar-refractivity contribution is -0.145. The molecular formula is C17H29N3O3. The third kappa shape index (κ3) is 4.67. The van der Waals surface area contributed by atoms with Crippen LogP contribution >= 0.6 is 0 Å². The summed E-state index contributed by atoms with van der Waals surface area (Å²) in [7, 11) is 0. The fraction of sp³-hybridized carbons (Fsp3) is 0.882. The number of rotatable bonds is 6. The van der Waals surface area contributed by atoms with Gasteiger partial charge in [-0.1, -0.05) is 19.3 Å². The molecule has 6 heteroatoms. The molecule has 130 valence electrons. The molecule has 1 heterocycles. The molecule has 2 N–H and O–H groups in total. The summed E-state index contributed by atoms with van der Waals surface area (Å²) in [4.78, 5) is 27.8. The van der Waals surface area contributed by atoms with Crippen molar-refractivity contribution in [3.63, 3.8) is 0 Å². The van der Waals surface area contributed by atoms with Gasteiger partial charge in [0.05, 0.1) is 6.54 Å². The summed E-state index contributed by atoms with van der Waals surface area (Å²) in [5.41, 5.74) is 0. The Morgan fingerprint density at radius 2 is 1.65 bits per heavy atom. The van der Waals surface area contributed by atoms with Crippen molar-refractivity contribution in [2.75, 3.05) is 32.7 Å². The lowest BCUT2D eigenvalue weighted by Gasteiger charge is -2.37. The molecule has 1 atom stereocenters. The van der Waals surface area contributed by atoms with E-state index in [-0.39, 0.29) is 11.9 Å². The summed E-state index contributed by atoms with van der Waals surface area (Å²) in [5, 5.41) is 12.6. The van der Waals surface area contributed by atoms with Crippen LogP contribution in [0.2, 0.25) is 0 Å². The molecule has 0 spiro atoms. The number of piperazine rings is 1. The topological polar surface area (TPSA) is 72.9 Å². The lowest BCUT2D eigenvalue weighted by atomic mass is 9.95. The van der Waals surface area contributed by atoms with Gasteiger partial charge in [0, 0.05) is 32.2 Å². The van der Waals surface area contributed by atoms with Gasteiger partial charge < -0.3 is 10.4 Å². The highest BCUT2D eigenvalue weighted by molar-refractivity contribution is 5.78. The third-order valence-corrected chi connectivity index (χ3v) is 5.46. The van der Waals surface area contributed by atoms with Crippen LogP contribution in [-0.2, 0) is 9.59 Å². The van der Waals surface area contributed by atoms with Crippen LogP contribution in [-0.4, -0.2) is 71.6 Å². The Hall–Kier alpha value is -1.14. The van der Waals surface area contributed by atoms with Crippen LogP contribution in [0.25, 0.3) is 0 Å². The molecule has 6 nitrogen and oxygen atoms in total. The third-order valence-electron chi connectivity index (χ3n) is 5.46. The van der Waals surface area contributed by atoms with Gasteiger partial charge in [0.15, 0.2) is 0 Å². The highest BCUT2D eigenvalue weighted by atomic mass is 16.4. The molecule has 3 aliphatic rings. The normalized spacial score (nSPS) is 25.9. The number of carbonyl (C=O) groups excluding carboxylic acids is 1. The molecule has 3 fully saturated rings. The van der Waals surface area contributed by atoms with Gasteiger partial charge >= 0.3 is 5.97 Å². The number of carbonyl (C=O) groups is 2. The first-order valence-corrected chi connectivity index (χ1v) is 9.12. The standard InChI is InChI=1S/C17H29N3O3/c21-15(18-14-4-2-1-3-5-14)12-19-8-10-20(11-9-19)16(17(22)23)13-6-7-13/h13-14,16H,1-12H2,(H,18,21)(H,22,23). The number of nitrogens with one attached hydrogen (secondary N) is 1. The van der Waals surface area contributed by atoms with Gasteiger partial charge in [0.2, 0.25) is 5.91 Å². The summed E-state index contributed by atoms with van der Waals surface area (Å²) in [6.07, 6.45) is 8.05. The van der Waals surface area contributed by atoms with E-state index in [1.807, 2.05) is 0 Å². The first-order valence-electron chi connectivity index (χ1n) is 9.12. The van der Waals surface area contributed by atoms with Crippen molar-refractivity contribution >= 4 is 11.9 Å². The number of hydrogen-bond donors (Lipinski definition) is 2. The van der Waals surface area contributed by atoms with E-state index < -0.39 is 5.97 Å². The minimum Gasteiger partial charge on any atom is -0.480 e. The summed E-state index contributed by atoms with van der Waals surface area (Å²) < 4.78 is 0. The number of nitrogens with zero attached hydrogens (tertiary/aromatic N) is 2. The molecule has 2 saturated carbocycles. The van der Waals surface area contributed by atoms with Crippen molar-refractivity contribution in [2.45, 2.75) is 57.0 Å². The summed E-state index contributed by atoms with van der Waals surface area (Å²) in [6.45, 7) is 3.53. The fourth-order valence-electron chi connectivity index (χ4n) is 3.99. The van der Waals surface area contributed by atoms with Gasteiger partial charge in [0.1, 0.15) is 6.04 Å². The first kappa shape index (κ1) is 16.7. The highest BCUT2D eigenvalue weighted by Gasteiger charge is 2.41. The largest absolute Gasteiger partial charge is 0.480 e.